The van der Waals surface area contributed by atoms with Gasteiger partial charge in [0, 0.05) is 60.0 Å². The highest BCUT2D eigenvalue weighted by Crippen LogP contribution is 2.35. The summed E-state index contributed by atoms with van der Waals surface area (Å²) in [7, 11) is 4.93. The minimum absolute atomic E-state index is 0.658. The van der Waals surface area contributed by atoms with Crippen LogP contribution in [0.3, 0.4) is 0 Å². The van der Waals surface area contributed by atoms with Gasteiger partial charge in [0.25, 0.3) is 0 Å². The summed E-state index contributed by atoms with van der Waals surface area (Å²) in [5.74, 6) is 2.88. The summed E-state index contributed by atoms with van der Waals surface area (Å²) in [5.41, 5.74) is 4.28. The van der Waals surface area contributed by atoms with Crippen LogP contribution in [-0.4, -0.2) is 42.7 Å². The molecule has 1 aliphatic heterocycles. The molecule has 1 aliphatic rings. The highest BCUT2D eigenvalue weighted by molar-refractivity contribution is 6.30. The number of benzene rings is 2. The van der Waals surface area contributed by atoms with Gasteiger partial charge in [0.05, 0.1) is 27.0 Å². The first kappa shape index (κ1) is 20.4. The van der Waals surface area contributed by atoms with Gasteiger partial charge in [0.1, 0.15) is 5.75 Å². The number of fused-ring (bicyclic) bond motifs is 1. The quantitative estimate of drug-likeness (QED) is 0.584. The van der Waals surface area contributed by atoms with Crippen LogP contribution in [0.25, 0.3) is 11.4 Å². The molecule has 0 aliphatic carbocycles. The molecule has 0 fully saturated rings. The van der Waals surface area contributed by atoms with Crippen molar-refractivity contribution in [2.45, 2.75) is 19.5 Å². The van der Waals surface area contributed by atoms with Crippen molar-refractivity contribution in [3.8, 4) is 28.6 Å². The fourth-order valence-electron chi connectivity index (χ4n) is 3.70. The maximum absolute atomic E-state index is 5.98. The molecule has 2 heterocycles. The van der Waals surface area contributed by atoms with E-state index in [2.05, 4.69) is 9.88 Å². The zero-order valence-corrected chi connectivity index (χ0v) is 18.1. The fraction of sp³-hybridized carbons (Fsp3) is 0.304. The van der Waals surface area contributed by atoms with Gasteiger partial charge in [-0.1, -0.05) is 11.6 Å². The molecule has 0 N–H and O–H groups in total. The molecule has 0 saturated heterocycles. The van der Waals surface area contributed by atoms with Gasteiger partial charge in [-0.2, -0.15) is 0 Å². The van der Waals surface area contributed by atoms with Crippen LogP contribution in [0.15, 0.2) is 42.6 Å². The van der Waals surface area contributed by atoms with Crippen molar-refractivity contribution < 1.29 is 14.2 Å². The van der Waals surface area contributed by atoms with Crippen molar-refractivity contribution in [1.82, 2.24) is 14.9 Å². The standard InChI is InChI=1S/C23H24ClN3O3/c1-28-20-11-22(30-3)21(29-2)10-16(20)13-27-9-8-19-17(14-27)12-25-23(26-19)15-4-6-18(24)7-5-15/h4-7,10-12H,8-9,13-14H2,1-3H3. The van der Waals surface area contributed by atoms with Gasteiger partial charge in [-0.05, 0) is 30.3 Å². The molecular formula is C23H24ClN3O3. The van der Waals surface area contributed by atoms with E-state index in [1.165, 1.54) is 0 Å². The first-order valence-corrected chi connectivity index (χ1v) is 10.1. The molecule has 3 aromatic rings. The minimum Gasteiger partial charge on any atom is -0.496 e. The lowest BCUT2D eigenvalue weighted by Gasteiger charge is -2.28. The zero-order chi connectivity index (χ0) is 21.1. The van der Waals surface area contributed by atoms with E-state index in [9.17, 15) is 0 Å². The van der Waals surface area contributed by atoms with Gasteiger partial charge < -0.3 is 14.2 Å². The first-order valence-electron chi connectivity index (χ1n) is 9.73. The number of nitrogens with zero attached hydrogens (tertiary/aromatic N) is 3. The number of hydrogen-bond acceptors (Lipinski definition) is 6. The molecule has 6 nitrogen and oxygen atoms in total. The Bertz CT molecular complexity index is 1040. The number of aromatic nitrogens is 2. The Morgan fingerprint density at radius 2 is 1.67 bits per heavy atom. The summed E-state index contributed by atoms with van der Waals surface area (Å²) in [4.78, 5) is 11.7. The van der Waals surface area contributed by atoms with Gasteiger partial charge in [-0.3, -0.25) is 4.90 Å². The van der Waals surface area contributed by atoms with E-state index in [4.69, 9.17) is 30.8 Å². The summed E-state index contributed by atoms with van der Waals surface area (Å²) in [5, 5.41) is 0.706. The summed E-state index contributed by atoms with van der Waals surface area (Å²) in [6.45, 7) is 2.43. The molecule has 7 heteroatoms. The summed E-state index contributed by atoms with van der Waals surface area (Å²) in [6.07, 6.45) is 2.80. The van der Waals surface area contributed by atoms with Gasteiger partial charge in [0.2, 0.25) is 0 Å². The minimum atomic E-state index is 0.658. The lowest BCUT2D eigenvalue weighted by molar-refractivity contribution is 0.238. The van der Waals surface area contributed by atoms with Gasteiger partial charge in [-0.25, -0.2) is 9.97 Å². The smallest absolute Gasteiger partial charge is 0.164 e. The summed E-state index contributed by atoms with van der Waals surface area (Å²) < 4.78 is 16.4. The van der Waals surface area contributed by atoms with Crippen LogP contribution >= 0.6 is 11.6 Å². The van der Waals surface area contributed by atoms with E-state index in [0.717, 1.165) is 60.0 Å². The maximum Gasteiger partial charge on any atom is 0.164 e. The molecule has 1 aromatic heterocycles. The van der Waals surface area contributed by atoms with E-state index in [0.29, 0.717) is 16.5 Å². The number of halogens is 1. The number of rotatable bonds is 6. The lowest BCUT2D eigenvalue weighted by atomic mass is 10.0. The highest BCUT2D eigenvalue weighted by Gasteiger charge is 2.21. The van der Waals surface area contributed by atoms with Crippen LogP contribution in [0.4, 0.5) is 0 Å². The van der Waals surface area contributed by atoms with Crippen molar-refractivity contribution >= 4 is 11.6 Å². The summed E-state index contributed by atoms with van der Waals surface area (Å²) in [6, 6.07) is 11.5. The predicted molar refractivity (Wildman–Crippen MR) is 116 cm³/mol. The third-order valence-corrected chi connectivity index (χ3v) is 5.55. The number of ether oxygens (including phenoxy) is 3. The third-order valence-electron chi connectivity index (χ3n) is 5.30. The molecule has 0 amide bonds. The van der Waals surface area contributed by atoms with Crippen molar-refractivity contribution in [2.75, 3.05) is 27.9 Å². The Labute approximate surface area is 181 Å². The molecule has 2 aromatic carbocycles. The first-order chi connectivity index (χ1) is 14.6. The Morgan fingerprint density at radius 3 is 2.37 bits per heavy atom. The topological polar surface area (TPSA) is 56.7 Å². The molecule has 0 unspecified atom stereocenters. The Hall–Kier alpha value is -2.83. The van der Waals surface area contributed by atoms with E-state index < -0.39 is 0 Å². The van der Waals surface area contributed by atoms with Crippen LogP contribution in [-0.2, 0) is 19.5 Å². The monoisotopic (exact) mass is 425 g/mol. The van der Waals surface area contributed by atoms with E-state index in [-0.39, 0.29) is 0 Å². The van der Waals surface area contributed by atoms with E-state index >= 15 is 0 Å². The van der Waals surface area contributed by atoms with Crippen LogP contribution in [0.5, 0.6) is 17.2 Å². The van der Waals surface area contributed by atoms with Crippen LogP contribution in [0.2, 0.25) is 5.02 Å². The SMILES string of the molecule is COc1cc(OC)c(OC)cc1CN1CCc2nc(-c3ccc(Cl)cc3)ncc2C1. The molecular weight excluding hydrogens is 402 g/mol. The largest absolute Gasteiger partial charge is 0.496 e. The molecule has 4 rings (SSSR count). The average molecular weight is 426 g/mol. The van der Waals surface area contributed by atoms with Gasteiger partial charge in [0.15, 0.2) is 17.3 Å². The molecule has 30 heavy (non-hydrogen) atoms. The lowest BCUT2D eigenvalue weighted by Crippen LogP contribution is -2.31. The van der Waals surface area contributed by atoms with Crippen LogP contribution < -0.4 is 14.2 Å². The molecule has 0 spiro atoms. The van der Waals surface area contributed by atoms with Crippen molar-refractivity contribution in [1.29, 1.82) is 0 Å². The molecule has 0 bridgehead atoms. The molecule has 0 atom stereocenters. The van der Waals surface area contributed by atoms with Crippen molar-refractivity contribution in [3.05, 3.63) is 64.4 Å². The van der Waals surface area contributed by atoms with Crippen molar-refractivity contribution in [3.63, 3.8) is 0 Å². The predicted octanol–water partition coefficient (Wildman–Crippen LogP) is 4.38. The fourth-order valence-corrected chi connectivity index (χ4v) is 3.83. The Morgan fingerprint density at radius 1 is 0.967 bits per heavy atom. The van der Waals surface area contributed by atoms with E-state index in [1.54, 1.807) is 21.3 Å². The second-order valence-electron chi connectivity index (χ2n) is 7.15. The Balaban J connectivity index is 1.53. The second-order valence-corrected chi connectivity index (χ2v) is 7.59. The molecule has 156 valence electrons. The maximum atomic E-state index is 5.98. The van der Waals surface area contributed by atoms with Crippen LogP contribution in [0.1, 0.15) is 16.8 Å². The van der Waals surface area contributed by atoms with Crippen molar-refractivity contribution in [2.24, 2.45) is 0 Å². The molecule has 0 saturated carbocycles. The number of hydrogen-bond donors (Lipinski definition) is 0. The normalized spacial score (nSPS) is 13.6. The zero-order valence-electron chi connectivity index (χ0n) is 17.3. The molecule has 0 radical (unpaired) electrons. The second kappa shape index (κ2) is 8.90. The van der Waals surface area contributed by atoms with Gasteiger partial charge >= 0.3 is 0 Å². The highest BCUT2D eigenvalue weighted by atomic mass is 35.5. The summed E-state index contributed by atoms with van der Waals surface area (Å²) >= 11 is 5.98. The van der Waals surface area contributed by atoms with Crippen LogP contribution in [0, 0.1) is 0 Å². The number of methoxy groups -OCH3 is 3. The Kier molecular flexibility index (Phi) is 6.06. The van der Waals surface area contributed by atoms with Gasteiger partial charge in [-0.15, -0.1) is 0 Å². The van der Waals surface area contributed by atoms with E-state index in [1.807, 2.05) is 42.6 Å². The third kappa shape index (κ3) is 4.20. The average Bonchev–Trinajstić information content (AvgIpc) is 2.79.